The first kappa shape index (κ1) is 16.2. The summed E-state index contributed by atoms with van der Waals surface area (Å²) >= 11 is 0. The first-order valence-electron chi connectivity index (χ1n) is 6.93. The van der Waals surface area contributed by atoms with Crippen molar-refractivity contribution >= 4 is 17.8 Å². The highest BCUT2D eigenvalue weighted by molar-refractivity contribution is 6.06. The largest absolute Gasteiger partial charge is 0.497 e. The highest BCUT2D eigenvalue weighted by atomic mass is 16.5. The van der Waals surface area contributed by atoms with Gasteiger partial charge in [0, 0.05) is 11.6 Å². The van der Waals surface area contributed by atoms with Crippen LogP contribution in [-0.2, 0) is 4.79 Å². The molecule has 0 N–H and O–H groups in total. The van der Waals surface area contributed by atoms with Gasteiger partial charge < -0.3 is 9.47 Å². The van der Waals surface area contributed by atoms with Crippen LogP contribution in [0.2, 0.25) is 0 Å². The number of rotatable bonds is 6. The second kappa shape index (κ2) is 7.75. The monoisotopic (exact) mass is 308 g/mol. The molecule has 0 aliphatic heterocycles. The van der Waals surface area contributed by atoms with Gasteiger partial charge in [0.2, 0.25) is 0 Å². The highest BCUT2D eigenvalue weighted by Gasteiger charge is 2.04. The van der Waals surface area contributed by atoms with Gasteiger partial charge in [0.05, 0.1) is 7.11 Å². The van der Waals surface area contributed by atoms with Gasteiger partial charge in [0.1, 0.15) is 11.5 Å². The molecular formula is C19H16O4. The van der Waals surface area contributed by atoms with E-state index < -0.39 is 5.97 Å². The fraction of sp³-hybridized carbons (Fsp3) is 0.0526. The maximum Gasteiger partial charge on any atom is 0.335 e. The average molecular weight is 308 g/mol. The van der Waals surface area contributed by atoms with E-state index in [4.69, 9.17) is 9.47 Å². The van der Waals surface area contributed by atoms with Gasteiger partial charge in [-0.2, -0.15) is 0 Å². The van der Waals surface area contributed by atoms with Crippen molar-refractivity contribution in [3.05, 3.63) is 78.4 Å². The quantitative estimate of drug-likeness (QED) is 0.353. The Labute approximate surface area is 134 Å². The van der Waals surface area contributed by atoms with Crippen molar-refractivity contribution in [1.29, 1.82) is 0 Å². The fourth-order valence-corrected chi connectivity index (χ4v) is 1.83. The third-order valence-electron chi connectivity index (χ3n) is 3.07. The Hall–Kier alpha value is -3.14. The van der Waals surface area contributed by atoms with E-state index in [0.717, 1.165) is 17.4 Å². The molecule has 0 aliphatic rings. The molecule has 0 aromatic heterocycles. The number of carbonyl (C=O) groups is 2. The van der Waals surface area contributed by atoms with Crippen LogP contribution in [0.3, 0.4) is 0 Å². The van der Waals surface area contributed by atoms with Crippen LogP contribution < -0.4 is 9.47 Å². The van der Waals surface area contributed by atoms with Gasteiger partial charge >= 0.3 is 5.97 Å². The first-order valence-corrected chi connectivity index (χ1v) is 6.93. The smallest absolute Gasteiger partial charge is 0.335 e. The third-order valence-corrected chi connectivity index (χ3v) is 3.07. The number of allylic oxidation sites excluding steroid dienone is 1. The molecule has 23 heavy (non-hydrogen) atoms. The van der Waals surface area contributed by atoms with Crippen molar-refractivity contribution < 1.29 is 19.1 Å². The van der Waals surface area contributed by atoms with Gasteiger partial charge in [-0.1, -0.05) is 24.8 Å². The molecule has 0 bridgehead atoms. The van der Waals surface area contributed by atoms with Crippen LogP contribution in [0.4, 0.5) is 0 Å². The summed E-state index contributed by atoms with van der Waals surface area (Å²) in [6.07, 6.45) is 4.30. The van der Waals surface area contributed by atoms with Crippen LogP contribution in [-0.4, -0.2) is 18.9 Å². The molecule has 2 aromatic carbocycles. The highest BCUT2D eigenvalue weighted by Crippen LogP contribution is 2.15. The summed E-state index contributed by atoms with van der Waals surface area (Å²) in [5.41, 5.74) is 1.41. The zero-order valence-corrected chi connectivity index (χ0v) is 12.7. The van der Waals surface area contributed by atoms with E-state index in [9.17, 15) is 9.59 Å². The number of ketones is 1. The minimum Gasteiger partial charge on any atom is -0.497 e. The summed E-state index contributed by atoms with van der Waals surface area (Å²) < 4.78 is 10.0. The molecule has 4 nitrogen and oxygen atoms in total. The molecule has 116 valence electrons. The number of carbonyl (C=O) groups excluding carboxylic acids is 2. The summed E-state index contributed by atoms with van der Waals surface area (Å²) in [4.78, 5) is 23.2. The Balaban J connectivity index is 2.03. The predicted molar refractivity (Wildman–Crippen MR) is 88.6 cm³/mol. The second-order valence-corrected chi connectivity index (χ2v) is 4.62. The lowest BCUT2D eigenvalue weighted by Crippen LogP contribution is -2.03. The summed E-state index contributed by atoms with van der Waals surface area (Å²) in [5.74, 6) is 0.453. The fourth-order valence-electron chi connectivity index (χ4n) is 1.83. The first-order chi connectivity index (χ1) is 11.1. The van der Waals surface area contributed by atoms with Crippen molar-refractivity contribution in [2.45, 2.75) is 0 Å². The Kier molecular flexibility index (Phi) is 5.47. The molecule has 4 heteroatoms. The normalized spacial score (nSPS) is 10.3. The van der Waals surface area contributed by atoms with E-state index in [-0.39, 0.29) is 5.78 Å². The van der Waals surface area contributed by atoms with Crippen molar-refractivity contribution in [3.63, 3.8) is 0 Å². The van der Waals surface area contributed by atoms with Crippen LogP contribution in [0, 0.1) is 0 Å². The van der Waals surface area contributed by atoms with Crippen LogP contribution in [0.5, 0.6) is 11.5 Å². The van der Waals surface area contributed by atoms with Gasteiger partial charge in [-0.05, 0) is 48.0 Å². The Morgan fingerprint density at radius 2 is 1.57 bits per heavy atom. The Morgan fingerprint density at radius 3 is 2.13 bits per heavy atom. The minimum absolute atomic E-state index is 0.137. The van der Waals surface area contributed by atoms with E-state index in [0.29, 0.717) is 11.3 Å². The van der Waals surface area contributed by atoms with E-state index in [2.05, 4.69) is 6.58 Å². The van der Waals surface area contributed by atoms with Crippen LogP contribution in [0.1, 0.15) is 15.9 Å². The molecule has 0 heterocycles. The maximum atomic E-state index is 12.1. The molecule has 0 atom stereocenters. The number of hydrogen-bond acceptors (Lipinski definition) is 4. The molecule has 2 rings (SSSR count). The van der Waals surface area contributed by atoms with Gasteiger partial charge in [0.15, 0.2) is 5.78 Å². The topological polar surface area (TPSA) is 52.6 Å². The number of benzene rings is 2. The second-order valence-electron chi connectivity index (χ2n) is 4.62. The van der Waals surface area contributed by atoms with Crippen molar-refractivity contribution in [3.8, 4) is 11.5 Å². The minimum atomic E-state index is -0.538. The SMILES string of the molecule is C=CC(=O)Oc1ccc(C(=O)/C=C/c2ccc(OC)cc2)cc1. The summed E-state index contributed by atoms with van der Waals surface area (Å²) in [5, 5.41) is 0. The van der Waals surface area contributed by atoms with Crippen molar-refractivity contribution in [1.82, 2.24) is 0 Å². The molecule has 0 radical (unpaired) electrons. The lowest BCUT2D eigenvalue weighted by molar-refractivity contribution is -0.128. The molecule has 0 amide bonds. The Morgan fingerprint density at radius 1 is 0.957 bits per heavy atom. The van der Waals surface area contributed by atoms with Crippen molar-refractivity contribution in [2.24, 2.45) is 0 Å². The maximum absolute atomic E-state index is 12.1. The van der Waals surface area contributed by atoms with Crippen LogP contribution in [0.25, 0.3) is 6.08 Å². The van der Waals surface area contributed by atoms with E-state index in [1.807, 2.05) is 24.3 Å². The predicted octanol–water partition coefficient (Wildman–Crippen LogP) is 3.68. The van der Waals surface area contributed by atoms with E-state index >= 15 is 0 Å². The standard InChI is InChI=1S/C19H16O4/c1-3-19(21)23-17-11-7-15(8-12-17)18(20)13-6-14-4-9-16(22-2)10-5-14/h3-13H,1H2,2H3/b13-6+. The van der Waals surface area contributed by atoms with E-state index in [1.54, 1.807) is 37.5 Å². The molecule has 0 saturated heterocycles. The van der Waals surface area contributed by atoms with Crippen LogP contribution >= 0.6 is 0 Å². The summed E-state index contributed by atoms with van der Waals surface area (Å²) in [7, 11) is 1.60. The molecule has 0 aliphatic carbocycles. The lowest BCUT2D eigenvalue weighted by Gasteiger charge is -2.02. The van der Waals surface area contributed by atoms with Crippen LogP contribution in [0.15, 0.2) is 67.3 Å². The lowest BCUT2D eigenvalue weighted by atomic mass is 10.1. The molecule has 0 saturated carbocycles. The van der Waals surface area contributed by atoms with E-state index in [1.165, 1.54) is 6.08 Å². The number of methoxy groups -OCH3 is 1. The molecule has 0 fully saturated rings. The summed E-state index contributed by atoms with van der Waals surface area (Å²) in [6.45, 7) is 3.32. The Bertz CT molecular complexity index is 725. The van der Waals surface area contributed by atoms with Gasteiger partial charge in [0.25, 0.3) is 0 Å². The van der Waals surface area contributed by atoms with Gasteiger partial charge in [-0.25, -0.2) is 4.79 Å². The third kappa shape index (κ3) is 4.68. The summed E-state index contributed by atoms with van der Waals surface area (Å²) in [6, 6.07) is 13.7. The van der Waals surface area contributed by atoms with Crippen molar-refractivity contribution in [2.75, 3.05) is 7.11 Å². The zero-order valence-electron chi connectivity index (χ0n) is 12.7. The number of esters is 1. The molecular weight excluding hydrogens is 292 g/mol. The van der Waals surface area contributed by atoms with Gasteiger partial charge in [-0.15, -0.1) is 0 Å². The number of hydrogen-bond donors (Lipinski definition) is 0. The average Bonchev–Trinajstić information content (AvgIpc) is 2.60. The number of ether oxygens (including phenoxy) is 2. The van der Waals surface area contributed by atoms with Gasteiger partial charge in [-0.3, -0.25) is 4.79 Å². The molecule has 0 unspecified atom stereocenters. The molecule has 0 spiro atoms. The zero-order chi connectivity index (χ0) is 16.7. The molecule has 2 aromatic rings.